The predicted molar refractivity (Wildman–Crippen MR) is 64.8 cm³/mol. The zero-order chi connectivity index (χ0) is 11.7. The van der Waals surface area contributed by atoms with Crippen molar-refractivity contribution < 1.29 is 4.74 Å². The third-order valence-corrected chi connectivity index (χ3v) is 2.89. The van der Waals surface area contributed by atoms with Crippen molar-refractivity contribution in [1.82, 2.24) is 4.98 Å². The van der Waals surface area contributed by atoms with Crippen LogP contribution in [0, 0.1) is 13.8 Å². The minimum Gasteiger partial charge on any atom is -0.378 e. The Morgan fingerprint density at radius 2 is 2.06 bits per heavy atom. The van der Waals surface area contributed by atoms with Crippen molar-refractivity contribution in [2.75, 3.05) is 7.11 Å². The minimum absolute atomic E-state index is 0.0453. The van der Waals surface area contributed by atoms with Crippen molar-refractivity contribution in [2.24, 2.45) is 0 Å². The summed E-state index contributed by atoms with van der Waals surface area (Å²) in [6.07, 6.45) is 0. The molecular formula is C13H15NO2. The first kappa shape index (κ1) is 10.9. The van der Waals surface area contributed by atoms with E-state index in [0.29, 0.717) is 6.61 Å². The topological polar surface area (TPSA) is 42.1 Å². The van der Waals surface area contributed by atoms with Gasteiger partial charge in [0.25, 0.3) is 0 Å². The van der Waals surface area contributed by atoms with Gasteiger partial charge in [0.05, 0.1) is 12.1 Å². The van der Waals surface area contributed by atoms with E-state index in [1.807, 2.05) is 26.0 Å². The SMILES string of the molecule is COCc1cc(=O)c2ccc(C)c(C)c2[nH]1. The molecule has 1 N–H and O–H groups in total. The van der Waals surface area contributed by atoms with Crippen LogP contribution in [0.3, 0.4) is 0 Å². The summed E-state index contributed by atoms with van der Waals surface area (Å²) in [5, 5.41) is 0.739. The van der Waals surface area contributed by atoms with Crippen molar-refractivity contribution in [3.8, 4) is 0 Å². The monoisotopic (exact) mass is 217 g/mol. The number of ether oxygens (including phenoxy) is 1. The second kappa shape index (κ2) is 4.10. The molecule has 0 saturated carbocycles. The lowest BCUT2D eigenvalue weighted by molar-refractivity contribution is 0.181. The van der Waals surface area contributed by atoms with Crippen LogP contribution in [-0.2, 0) is 11.3 Å². The highest BCUT2D eigenvalue weighted by molar-refractivity contribution is 5.82. The zero-order valence-electron chi connectivity index (χ0n) is 9.76. The van der Waals surface area contributed by atoms with E-state index in [4.69, 9.17) is 4.74 Å². The standard InChI is InChI=1S/C13H15NO2/c1-8-4-5-11-12(15)6-10(7-16-3)14-13(11)9(8)2/h4-6H,7H2,1-3H3,(H,14,15). The van der Waals surface area contributed by atoms with Crippen LogP contribution in [0.25, 0.3) is 10.9 Å². The maximum Gasteiger partial charge on any atom is 0.189 e. The van der Waals surface area contributed by atoms with Gasteiger partial charge in [0.1, 0.15) is 0 Å². The Hall–Kier alpha value is -1.61. The van der Waals surface area contributed by atoms with Crippen LogP contribution in [-0.4, -0.2) is 12.1 Å². The number of hydrogen-bond donors (Lipinski definition) is 1. The van der Waals surface area contributed by atoms with E-state index >= 15 is 0 Å². The van der Waals surface area contributed by atoms with Gasteiger partial charge in [-0.05, 0) is 31.0 Å². The lowest BCUT2D eigenvalue weighted by Gasteiger charge is -2.07. The summed E-state index contributed by atoms with van der Waals surface area (Å²) < 4.78 is 5.03. The summed E-state index contributed by atoms with van der Waals surface area (Å²) in [6, 6.07) is 5.44. The first-order chi connectivity index (χ1) is 7.63. The molecule has 1 aromatic carbocycles. The van der Waals surface area contributed by atoms with Crippen molar-refractivity contribution >= 4 is 10.9 Å². The fraction of sp³-hybridized carbons (Fsp3) is 0.308. The van der Waals surface area contributed by atoms with Gasteiger partial charge in [0.2, 0.25) is 0 Å². The number of aromatic nitrogens is 1. The molecule has 0 fully saturated rings. The molecule has 84 valence electrons. The molecule has 2 aromatic rings. The molecule has 0 aliphatic rings. The van der Waals surface area contributed by atoms with Gasteiger partial charge in [-0.2, -0.15) is 0 Å². The maximum absolute atomic E-state index is 11.9. The van der Waals surface area contributed by atoms with Gasteiger partial charge in [0.15, 0.2) is 5.43 Å². The summed E-state index contributed by atoms with van der Waals surface area (Å²) in [6.45, 7) is 4.48. The van der Waals surface area contributed by atoms with Crippen molar-refractivity contribution in [1.29, 1.82) is 0 Å². The summed E-state index contributed by atoms with van der Waals surface area (Å²) in [7, 11) is 1.62. The maximum atomic E-state index is 11.9. The smallest absolute Gasteiger partial charge is 0.189 e. The van der Waals surface area contributed by atoms with Crippen LogP contribution in [0.1, 0.15) is 16.8 Å². The van der Waals surface area contributed by atoms with E-state index in [1.165, 1.54) is 5.56 Å². The van der Waals surface area contributed by atoms with Gasteiger partial charge in [0, 0.05) is 24.3 Å². The highest BCUT2D eigenvalue weighted by Crippen LogP contribution is 2.17. The number of hydrogen-bond acceptors (Lipinski definition) is 2. The Balaban J connectivity index is 2.78. The highest BCUT2D eigenvalue weighted by Gasteiger charge is 2.05. The number of fused-ring (bicyclic) bond motifs is 1. The fourth-order valence-electron chi connectivity index (χ4n) is 1.85. The summed E-state index contributed by atoms with van der Waals surface area (Å²) in [5.41, 5.74) is 4.07. The molecule has 0 atom stereocenters. The summed E-state index contributed by atoms with van der Waals surface area (Å²) in [5.74, 6) is 0. The average Bonchev–Trinajstić information content (AvgIpc) is 2.25. The second-order valence-corrected chi connectivity index (χ2v) is 4.02. The van der Waals surface area contributed by atoms with Gasteiger partial charge in [-0.1, -0.05) is 6.07 Å². The molecule has 0 aliphatic heterocycles. The molecular weight excluding hydrogens is 202 g/mol. The Morgan fingerprint density at radius 1 is 1.31 bits per heavy atom. The van der Waals surface area contributed by atoms with Gasteiger partial charge < -0.3 is 9.72 Å². The lowest BCUT2D eigenvalue weighted by Crippen LogP contribution is -2.07. The first-order valence-corrected chi connectivity index (χ1v) is 5.24. The number of aryl methyl sites for hydroxylation is 2. The molecule has 0 unspecified atom stereocenters. The molecule has 0 radical (unpaired) electrons. The third-order valence-electron chi connectivity index (χ3n) is 2.89. The molecule has 0 spiro atoms. The zero-order valence-corrected chi connectivity index (χ0v) is 9.76. The largest absolute Gasteiger partial charge is 0.378 e. The Labute approximate surface area is 94.1 Å². The molecule has 16 heavy (non-hydrogen) atoms. The van der Waals surface area contributed by atoms with Crippen LogP contribution >= 0.6 is 0 Å². The van der Waals surface area contributed by atoms with Crippen LogP contribution in [0.15, 0.2) is 23.0 Å². The van der Waals surface area contributed by atoms with Gasteiger partial charge in [-0.25, -0.2) is 0 Å². The molecule has 1 heterocycles. The van der Waals surface area contributed by atoms with Crippen LogP contribution < -0.4 is 5.43 Å². The van der Waals surface area contributed by atoms with Crippen LogP contribution in [0.2, 0.25) is 0 Å². The second-order valence-electron chi connectivity index (χ2n) is 4.02. The van der Waals surface area contributed by atoms with E-state index in [2.05, 4.69) is 4.98 Å². The quantitative estimate of drug-likeness (QED) is 0.838. The first-order valence-electron chi connectivity index (χ1n) is 5.24. The van der Waals surface area contributed by atoms with E-state index in [-0.39, 0.29) is 5.43 Å². The van der Waals surface area contributed by atoms with Gasteiger partial charge in [-0.15, -0.1) is 0 Å². The third kappa shape index (κ3) is 1.74. The molecule has 1 aromatic heterocycles. The van der Waals surface area contributed by atoms with Crippen molar-refractivity contribution in [3.63, 3.8) is 0 Å². The number of benzene rings is 1. The molecule has 3 nitrogen and oxygen atoms in total. The predicted octanol–water partition coefficient (Wildman–Crippen LogP) is 2.29. The lowest BCUT2D eigenvalue weighted by atomic mass is 10.0. The number of H-pyrrole nitrogens is 1. The number of aromatic amines is 1. The van der Waals surface area contributed by atoms with Crippen molar-refractivity contribution in [3.05, 3.63) is 45.2 Å². The van der Waals surface area contributed by atoms with Crippen molar-refractivity contribution in [2.45, 2.75) is 20.5 Å². The Kier molecular flexibility index (Phi) is 2.79. The number of methoxy groups -OCH3 is 1. The highest BCUT2D eigenvalue weighted by atomic mass is 16.5. The van der Waals surface area contributed by atoms with E-state index < -0.39 is 0 Å². The minimum atomic E-state index is 0.0453. The average molecular weight is 217 g/mol. The van der Waals surface area contributed by atoms with Gasteiger partial charge >= 0.3 is 0 Å². The van der Waals surface area contributed by atoms with Crippen LogP contribution in [0.5, 0.6) is 0 Å². The Bertz CT molecular complexity index is 584. The molecule has 0 bridgehead atoms. The normalized spacial score (nSPS) is 10.9. The fourth-order valence-corrected chi connectivity index (χ4v) is 1.85. The van der Waals surface area contributed by atoms with E-state index in [0.717, 1.165) is 22.2 Å². The molecule has 0 saturated heterocycles. The molecule has 0 amide bonds. The van der Waals surface area contributed by atoms with Crippen LogP contribution in [0.4, 0.5) is 0 Å². The van der Waals surface area contributed by atoms with E-state index in [1.54, 1.807) is 13.2 Å². The summed E-state index contributed by atoms with van der Waals surface area (Å²) in [4.78, 5) is 15.1. The summed E-state index contributed by atoms with van der Waals surface area (Å²) >= 11 is 0. The van der Waals surface area contributed by atoms with Gasteiger partial charge in [-0.3, -0.25) is 4.79 Å². The molecule has 0 aliphatic carbocycles. The number of nitrogens with one attached hydrogen (secondary N) is 1. The number of rotatable bonds is 2. The molecule has 2 rings (SSSR count). The number of pyridine rings is 1. The molecule has 3 heteroatoms. The van der Waals surface area contributed by atoms with E-state index in [9.17, 15) is 4.79 Å². The Morgan fingerprint density at radius 3 is 2.75 bits per heavy atom.